The molecule has 1 unspecified atom stereocenters. The summed E-state index contributed by atoms with van der Waals surface area (Å²) in [5, 5.41) is 9.32. The zero-order valence-corrected chi connectivity index (χ0v) is 19.0. The summed E-state index contributed by atoms with van der Waals surface area (Å²) in [5.41, 5.74) is 0.873. The number of hydrogen-bond donors (Lipinski definition) is 0. The maximum Gasteiger partial charge on any atom is 0.236 e. The number of amides is 1. The molecule has 7 heteroatoms. The molecule has 0 saturated heterocycles. The fourth-order valence-corrected chi connectivity index (χ4v) is 5.06. The highest BCUT2D eigenvalue weighted by Gasteiger charge is 2.29. The molecule has 30 heavy (non-hydrogen) atoms. The van der Waals surface area contributed by atoms with Crippen molar-refractivity contribution < 1.29 is 9.53 Å². The van der Waals surface area contributed by atoms with Crippen LogP contribution < -0.4 is 4.74 Å². The number of methoxy groups -OCH3 is 1. The minimum Gasteiger partial charge on any atom is -0.496 e. The molecule has 0 N–H and O–H groups in total. The van der Waals surface area contributed by atoms with E-state index < -0.39 is 0 Å². The SMILES string of the molecule is C=CCn1c(SC(C)C(=O)N(CC)C2CCCCC2)nnc1-c1ccccc1OC. The molecular weight excluding hydrogens is 396 g/mol. The summed E-state index contributed by atoms with van der Waals surface area (Å²) in [6, 6.07) is 8.12. The second-order valence-corrected chi connectivity index (χ2v) is 8.89. The molecule has 0 spiro atoms. The first-order chi connectivity index (χ1) is 14.6. The Bertz CT molecular complexity index is 861. The molecule has 1 aliphatic rings. The molecule has 1 aliphatic carbocycles. The van der Waals surface area contributed by atoms with E-state index in [1.165, 1.54) is 31.0 Å². The maximum absolute atomic E-state index is 13.2. The summed E-state index contributed by atoms with van der Waals surface area (Å²) in [5.74, 6) is 1.64. The molecule has 1 heterocycles. The zero-order valence-electron chi connectivity index (χ0n) is 18.2. The average Bonchev–Trinajstić information content (AvgIpc) is 3.17. The van der Waals surface area contributed by atoms with Crippen LogP contribution in [0.4, 0.5) is 0 Å². The van der Waals surface area contributed by atoms with Crippen LogP contribution in [-0.2, 0) is 11.3 Å². The van der Waals surface area contributed by atoms with Crippen molar-refractivity contribution in [2.45, 2.75) is 68.9 Å². The predicted molar refractivity (Wildman–Crippen MR) is 122 cm³/mol. The van der Waals surface area contributed by atoms with E-state index in [4.69, 9.17) is 4.74 Å². The van der Waals surface area contributed by atoms with E-state index in [0.717, 1.165) is 35.9 Å². The minimum atomic E-state index is -0.231. The number of hydrogen-bond acceptors (Lipinski definition) is 5. The molecular formula is C23H32N4O2S. The molecule has 3 rings (SSSR count). The first kappa shape index (κ1) is 22.4. The quantitative estimate of drug-likeness (QED) is 0.424. The molecule has 1 aromatic heterocycles. The van der Waals surface area contributed by atoms with E-state index in [1.807, 2.05) is 41.8 Å². The largest absolute Gasteiger partial charge is 0.496 e. The molecule has 1 amide bonds. The van der Waals surface area contributed by atoms with Crippen LogP contribution in [0.1, 0.15) is 46.0 Å². The summed E-state index contributed by atoms with van der Waals surface area (Å²) in [6.45, 7) is 9.23. The second kappa shape index (κ2) is 10.7. The van der Waals surface area contributed by atoms with Crippen molar-refractivity contribution >= 4 is 17.7 Å². The van der Waals surface area contributed by atoms with E-state index in [1.54, 1.807) is 7.11 Å². The van der Waals surface area contributed by atoms with Crippen LogP contribution in [0.2, 0.25) is 0 Å². The molecule has 0 aliphatic heterocycles. The number of carbonyl (C=O) groups excluding carboxylic acids is 1. The molecule has 1 aromatic carbocycles. The lowest BCUT2D eigenvalue weighted by atomic mass is 9.94. The summed E-state index contributed by atoms with van der Waals surface area (Å²) < 4.78 is 7.50. The highest BCUT2D eigenvalue weighted by atomic mass is 32.2. The number of allylic oxidation sites excluding steroid dienone is 1. The third kappa shape index (κ3) is 4.89. The van der Waals surface area contributed by atoms with E-state index in [9.17, 15) is 4.79 Å². The lowest BCUT2D eigenvalue weighted by Crippen LogP contribution is -2.44. The molecule has 1 atom stereocenters. The molecule has 1 fully saturated rings. The van der Waals surface area contributed by atoms with Crippen molar-refractivity contribution in [3.8, 4) is 17.1 Å². The first-order valence-electron chi connectivity index (χ1n) is 10.7. The standard InChI is InChI=1S/C23H32N4O2S/c1-5-16-27-21(19-14-10-11-15-20(19)29-4)24-25-23(27)30-17(3)22(28)26(6-2)18-12-8-7-9-13-18/h5,10-11,14-15,17-18H,1,6-9,12-13,16H2,2-4H3. The predicted octanol–water partition coefficient (Wildman–Crippen LogP) is 4.80. The molecule has 162 valence electrons. The summed E-state index contributed by atoms with van der Waals surface area (Å²) in [7, 11) is 1.65. The third-order valence-corrected chi connectivity index (χ3v) is 6.71. The van der Waals surface area contributed by atoms with Gasteiger partial charge in [-0.2, -0.15) is 0 Å². The van der Waals surface area contributed by atoms with Crippen LogP contribution >= 0.6 is 11.8 Å². The molecule has 1 saturated carbocycles. The maximum atomic E-state index is 13.2. The number of aromatic nitrogens is 3. The van der Waals surface area contributed by atoms with Crippen LogP contribution in [-0.4, -0.2) is 50.5 Å². The van der Waals surface area contributed by atoms with Gasteiger partial charge < -0.3 is 9.64 Å². The monoisotopic (exact) mass is 428 g/mol. The lowest BCUT2D eigenvalue weighted by Gasteiger charge is -2.35. The van der Waals surface area contributed by atoms with E-state index in [-0.39, 0.29) is 11.2 Å². The summed E-state index contributed by atoms with van der Waals surface area (Å²) >= 11 is 1.46. The average molecular weight is 429 g/mol. The number of thioether (sulfide) groups is 1. The van der Waals surface area contributed by atoms with E-state index in [2.05, 4.69) is 28.6 Å². The van der Waals surface area contributed by atoms with Crippen LogP contribution in [0.3, 0.4) is 0 Å². The molecule has 6 nitrogen and oxygen atoms in total. The van der Waals surface area contributed by atoms with Gasteiger partial charge in [0.05, 0.1) is 17.9 Å². The lowest BCUT2D eigenvalue weighted by molar-refractivity contribution is -0.133. The molecule has 0 radical (unpaired) electrons. The number of ether oxygens (including phenoxy) is 1. The topological polar surface area (TPSA) is 60.2 Å². The second-order valence-electron chi connectivity index (χ2n) is 7.58. The van der Waals surface area contributed by atoms with Gasteiger partial charge in [-0.15, -0.1) is 16.8 Å². The van der Waals surface area contributed by atoms with Crippen molar-refractivity contribution in [2.75, 3.05) is 13.7 Å². The van der Waals surface area contributed by atoms with Gasteiger partial charge in [-0.3, -0.25) is 9.36 Å². The van der Waals surface area contributed by atoms with Gasteiger partial charge in [-0.1, -0.05) is 49.2 Å². The third-order valence-electron chi connectivity index (χ3n) is 5.65. The van der Waals surface area contributed by atoms with E-state index >= 15 is 0 Å². The van der Waals surface area contributed by atoms with Crippen LogP contribution in [0, 0.1) is 0 Å². The number of rotatable bonds is 9. The number of nitrogens with zero attached hydrogens (tertiary/aromatic N) is 4. The number of para-hydroxylation sites is 1. The highest BCUT2D eigenvalue weighted by molar-refractivity contribution is 8.00. The van der Waals surface area contributed by atoms with Crippen molar-refractivity contribution in [2.24, 2.45) is 0 Å². The Balaban J connectivity index is 1.82. The van der Waals surface area contributed by atoms with Crippen molar-refractivity contribution in [3.05, 3.63) is 36.9 Å². The Labute approximate surface area is 183 Å². The Hall–Kier alpha value is -2.28. The van der Waals surface area contributed by atoms with E-state index in [0.29, 0.717) is 18.4 Å². The summed E-state index contributed by atoms with van der Waals surface area (Å²) in [4.78, 5) is 15.3. The van der Waals surface area contributed by atoms with Crippen molar-refractivity contribution in [3.63, 3.8) is 0 Å². The Kier molecular flexibility index (Phi) is 7.96. The van der Waals surface area contributed by atoms with Gasteiger partial charge in [0.2, 0.25) is 5.91 Å². The van der Waals surface area contributed by atoms with Gasteiger partial charge >= 0.3 is 0 Å². The smallest absolute Gasteiger partial charge is 0.236 e. The molecule has 2 aromatic rings. The van der Waals surface area contributed by atoms with Gasteiger partial charge in [-0.25, -0.2) is 0 Å². The Morgan fingerprint density at radius 1 is 1.33 bits per heavy atom. The van der Waals surface area contributed by atoms with Crippen LogP contribution in [0.15, 0.2) is 42.1 Å². The Morgan fingerprint density at radius 2 is 2.07 bits per heavy atom. The van der Waals surface area contributed by atoms with Crippen molar-refractivity contribution in [1.29, 1.82) is 0 Å². The van der Waals surface area contributed by atoms with Crippen LogP contribution in [0.5, 0.6) is 5.75 Å². The summed E-state index contributed by atoms with van der Waals surface area (Å²) in [6.07, 6.45) is 7.75. The zero-order chi connectivity index (χ0) is 21.5. The van der Waals surface area contributed by atoms with Gasteiger partial charge in [0.1, 0.15) is 5.75 Å². The highest BCUT2D eigenvalue weighted by Crippen LogP contribution is 2.33. The Morgan fingerprint density at radius 3 is 2.73 bits per heavy atom. The normalized spacial score (nSPS) is 15.6. The first-order valence-corrected chi connectivity index (χ1v) is 11.6. The fraction of sp³-hybridized carbons (Fsp3) is 0.522. The fourth-order valence-electron chi connectivity index (χ4n) is 4.13. The minimum absolute atomic E-state index is 0.182. The van der Waals surface area contributed by atoms with Gasteiger partial charge in [0, 0.05) is 19.1 Å². The van der Waals surface area contributed by atoms with Crippen molar-refractivity contribution in [1.82, 2.24) is 19.7 Å². The van der Waals surface area contributed by atoms with Gasteiger partial charge in [-0.05, 0) is 38.8 Å². The number of carbonyl (C=O) groups is 1. The van der Waals surface area contributed by atoms with Crippen LogP contribution in [0.25, 0.3) is 11.4 Å². The number of benzene rings is 1. The molecule has 0 bridgehead atoms. The van der Waals surface area contributed by atoms with Gasteiger partial charge in [0.25, 0.3) is 0 Å². The van der Waals surface area contributed by atoms with Gasteiger partial charge in [0.15, 0.2) is 11.0 Å².